The minimum atomic E-state index is -1.31. The van der Waals surface area contributed by atoms with Crippen molar-refractivity contribution in [1.82, 2.24) is 31.6 Å². The second kappa shape index (κ2) is 18.7. The molecule has 2 heterocycles. The van der Waals surface area contributed by atoms with E-state index in [1.165, 1.54) is 12.1 Å². The van der Waals surface area contributed by atoms with Crippen molar-refractivity contribution < 1.29 is 33.8 Å². The van der Waals surface area contributed by atoms with E-state index in [-0.39, 0.29) is 49.6 Å². The third-order valence-corrected chi connectivity index (χ3v) is 8.43. The van der Waals surface area contributed by atoms with Gasteiger partial charge in [-0.2, -0.15) is 0 Å². The number of phenolic OH excluding ortho intramolecular Hbond substituents is 1. The Hall–Kier alpha value is -6.24. The first-order valence-electron chi connectivity index (χ1n) is 17.1. The van der Waals surface area contributed by atoms with E-state index >= 15 is 0 Å². The lowest BCUT2D eigenvalue weighted by Crippen LogP contribution is -2.56. The summed E-state index contributed by atoms with van der Waals surface area (Å²) in [5.41, 5.74) is 2.54. The van der Waals surface area contributed by atoms with Crippen LogP contribution in [-0.4, -0.2) is 77.4 Å². The number of nitrogens with one attached hydrogen (secondary N) is 5. The molecule has 52 heavy (non-hydrogen) atoms. The summed E-state index contributed by atoms with van der Waals surface area (Å²) in [5, 5.41) is 23.7. The third-order valence-electron chi connectivity index (χ3n) is 8.43. The van der Waals surface area contributed by atoms with Crippen LogP contribution in [-0.2, 0) is 38.4 Å². The zero-order valence-corrected chi connectivity index (χ0v) is 28.5. The fraction of sp³-hybridized carbons (Fsp3) is 0.282. The number of fused-ring (bicyclic) bond motifs is 1. The van der Waals surface area contributed by atoms with Gasteiger partial charge in [-0.3, -0.25) is 29.0 Å². The maximum Gasteiger partial charge on any atom is 0.255 e. The van der Waals surface area contributed by atoms with Crippen LogP contribution in [0.3, 0.4) is 0 Å². The molecular formula is C39H42N6O7. The van der Waals surface area contributed by atoms with Gasteiger partial charge in [0.2, 0.25) is 23.6 Å². The van der Waals surface area contributed by atoms with Gasteiger partial charge in [0.1, 0.15) is 29.6 Å². The fourth-order valence-electron chi connectivity index (χ4n) is 5.66. The first kappa shape index (κ1) is 37.0. The topological polar surface area (TPSA) is 188 Å². The highest BCUT2D eigenvalue weighted by Crippen LogP contribution is 2.19. The number of ether oxygens (including phenoxy) is 1. The molecule has 13 heteroatoms. The Balaban J connectivity index is 1.42. The number of amides is 5. The predicted octanol–water partition coefficient (Wildman–Crippen LogP) is 1.99. The molecule has 0 unspecified atom stereocenters. The van der Waals surface area contributed by atoms with Crippen LogP contribution in [0.5, 0.6) is 11.5 Å². The zero-order chi connectivity index (χ0) is 36.7. The summed E-state index contributed by atoms with van der Waals surface area (Å²) in [7, 11) is 0. The Labute approximate surface area is 301 Å². The molecule has 13 nitrogen and oxygen atoms in total. The molecule has 5 rings (SSSR count). The monoisotopic (exact) mass is 706 g/mol. The molecule has 1 aliphatic heterocycles. The van der Waals surface area contributed by atoms with E-state index in [0.717, 1.165) is 11.1 Å². The molecule has 6 N–H and O–H groups in total. The second-order valence-electron chi connectivity index (χ2n) is 12.4. The van der Waals surface area contributed by atoms with Crippen molar-refractivity contribution in [3.8, 4) is 11.5 Å². The number of hydrogen-bond acceptors (Lipinski definition) is 8. The largest absolute Gasteiger partial charge is 0.508 e. The van der Waals surface area contributed by atoms with Crippen molar-refractivity contribution in [3.63, 3.8) is 0 Å². The number of hydrogen-bond donors (Lipinski definition) is 6. The smallest absolute Gasteiger partial charge is 0.255 e. The van der Waals surface area contributed by atoms with Crippen LogP contribution in [0.25, 0.3) is 0 Å². The van der Waals surface area contributed by atoms with Crippen molar-refractivity contribution in [2.75, 3.05) is 19.7 Å². The standard InChI is InChI=1S/C39H42N6O7/c46-29-13-11-28(12-14-29)24-32-39(51)45-31(23-27-7-2-1-3-8-27)37(49)41-18-6-22-52-34-10-5-4-9-30(34)36(48)44-33(25-35(47)43-32)38(50)42-21-17-26-15-19-40-20-16-26/h1-5,7-16,19-20,31-33,46H,6,17-18,21-25H2,(H,41,49)(H,42,50)(H,43,47)(H,44,48)(H,45,51)/t31-,32-,33-/m0/s1. The Morgan fingerprint density at radius 3 is 2.19 bits per heavy atom. The van der Waals surface area contributed by atoms with Crippen molar-refractivity contribution in [3.05, 3.63) is 126 Å². The molecular weight excluding hydrogens is 664 g/mol. The highest BCUT2D eigenvalue weighted by atomic mass is 16.5. The Bertz CT molecular complexity index is 1820. The molecule has 0 radical (unpaired) electrons. The summed E-state index contributed by atoms with van der Waals surface area (Å²) >= 11 is 0. The average Bonchev–Trinajstić information content (AvgIpc) is 3.15. The molecule has 1 aromatic heterocycles. The van der Waals surface area contributed by atoms with Crippen molar-refractivity contribution in [1.29, 1.82) is 0 Å². The minimum Gasteiger partial charge on any atom is -0.508 e. The van der Waals surface area contributed by atoms with Crippen LogP contribution in [0.4, 0.5) is 0 Å². The van der Waals surface area contributed by atoms with E-state index in [1.54, 1.807) is 48.8 Å². The number of phenols is 1. The van der Waals surface area contributed by atoms with Crippen LogP contribution < -0.4 is 31.3 Å². The van der Waals surface area contributed by atoms with E-state index in [1.807, 2.05) is 42.5 Å². The lowest BCUT2D eigenvalue weighted by atomic mass is 10.0. The molecule has 270 valence electrons. The van der Waals surface area contributed by atoms with Gasteiger partial charge in [0.05, 0.1) is 18.6 Å². The summed E-state index contributed by atoms with van der Waals surface area (Å²) in [6.07, 6.45) is 3.89. The predicted molar refractivity (Wildman–Crippen MR) is 192 cm³/mol. The van der Waals surface area contributed by atoms with Crippen molar-refractivity contribution in [2.24, 2.45) is 0 Å². The molecule has 0 fully saturated rings. The Morgan fingerprint density at radius 1 is 0.769 bits per heavy atom. The summed E-state index contributed by atoms with van der Waals surface area (Å²) in [6.45, 7) is 0.618. The number of aromatic nitrogens is 1. The average molecular weight is 707 g/mol. The van der Waals surface area contributed by atoms with Gasteiger partial charge in [0, 0.05) is 38.3 Å². The SMILES string of the molecule is O=C1C[C@@H](C(=O)NCCc2ccncc2)NC(=O)c2ccccc2OCCCNC(=O)[C@H](Cc2ccccc2)NC(=O)[C@H](Cc2ccc(O)cc2)N1. The number of rotatable bonds is 8. The van der Waals surface area contributed by atoms with Crippen molar-refractivity contribution in [2.45, 2.75) is 50.2 Å². The zero-order valence-electron chi connectivity index (χ0n) is 28.5. The van der Waals surface area contributed by atoms with Gasteiger partial charge in [-0.25, -0.2) is 0 Å². The van der Waals surface area contributed by atoms with Crippen LogP contribution in [0.15, 0.2) is 103 Å². The normalized spacial score (nSPS) is 18.9. The molecule has 0 bridgehead atoms. The summed E-state index contributed by atoms with van der Waals surface area (Å²) < 4.78 is 5.90. The number of pyridine rings is 1. The molecule has 5 amide bonds. The maximum absolute atomic E-state index is 13.9. The number of nitrogens with zero attached hydrogens (tertiary/aromatic N) is 1. The first-order valence-corrected chi connectivity index (χ1v) is 17.1. The van der Waals surface area contributed by atoms with Crippen LogP contribution in [0.2, 0.25) is 0 Å². The van der Waals surface area contributed by atoms with E-state index in [9.17, 15) is 29.1 Å². The van der Waals surface area contributed by atoms with E-state index in [2.05, 4.69) is 31.6 Å². The van der Waals surface area contributed by atoms with Gasteiger partial charge in [-0.15, -0.1) is 0 Å². The van der Waals surface area contributed by atoms with Gasteiger partial charge in [0.15, 0.2) is 0 Å². The Kier molecular flexibility index (Phi) is 13.3. The maximum atomic E-state index is 13.9. The first-order chi connectivity index (χ1) is 25.2. The van der Waals surface area contributed by atoms with E-state index in [0.29, 0.717) is 18.4 Å². The molecule has 4 aromatic rings. The number of aromatic hydroxyl groups is 1. The lowest BCUT2D eigenvalue weighted by Gasteiger charge is -2.25. The van der Waals surface area contributed by atoms with Gasteiger partial charge >= 0.3 is 0 Å². The van der Waals surface area contributed by atoms with E-state index < -0.39 is 54.1 Å². The number of carbonyl (C=O) groups excluding carboxylic acids is 5. The molecule has 3 aromatic carbocycles. The number of benzene rings is 3. The minimum absolute atomic E-state index is 0.0113. The van der Waals surface area contributed by atoms with Crippen LogP contribution in [0.1, 0.15) is 39.9 Å². The Morgan fingerprint density at radius 2 is 1.44 bits per heavy atom. The second-order valence-corrected chi connectivity index (χ2v) is 12.4. The highest BCUT2D eigenvalue weighted by molar-refractivity contribution is 6.01. The highest BCUT2D eigenvalue weighted by Gasteiger charge is 2.30. The molecule has 0 saturated heterocycles. The summed E-state index contributed by atoms with van der Waals surface area (Å²) in [5.74, 6) is -2.66. The molecule has 3 atom stereocenters. The van der Waals surface area contributed by atoms with E-state index in [4.69, 9.17) is 4.74 Å². The van der Waals surface area contributed by atoms with Gasteiger partial charge in [-0.05, 0) is 65.9 Å². The quantitative estimate of drug-likeness (QED) is 0.161. The number of para-hydroxylation sites is 1. The van der Waals surface area contributed by atoms with Crippen molar-refractivity contribution >= 4 is 29.5 Å². The third kappa shape index (κ3) is 11.1. The summed E-state index contributed by atoms with van der Waals surface area (Å²) in [6, 6.07) is 22.1. The van der Waals surface area contributed by atoms with Gasteiger partial charge in [0.25, 0.3) is 5.91 Å². The molecule has 1 aliphatic rings. The molecule has 0 saturated carbocycles. The molecule has 0 aliphatic carbocycles. The number of carbonyl (C=O) groups is 5. The van der Waals surface area contributed by atoms with Gasteiger partial charge < -0.3 is 36.4 Å². The van der Waals surface area contributed by atoms with Crippen LogP contribution in [0, 0.1) is 0 Å². The van der Waals surface area contributed by atoms with Crippen LogP contribution >= 0.6 is 0 Å². The lowest BCUT2D eigenvalue weighted by molar-refractivity contribution is -0.133. The fourth-order valence-corrected chi connectivity index (χ4v) is 5.66. The molecule has 0 spiro atoms. The summed E-state index contributed by atoms with van der Waals surface area (Å²) in [4.78, 5) is 72.2. The van der Waals surface area contributed by atoms with Gasteiger partial charge in [-0.1, -0.05) is 54.6 Å².